The lowest BCUT2D eigenvalue weighted by Crippen LogP contribution is -2.28. The van der Waals surface area contributed by atoms with Crippen LogP contribution < -0.4 is 4.74 Å². The molecule has 0 aliphatic rings. The van der Waals surface area contributed by atoms with Crippen LogP contribution >= 0.6 is 0 Å². The Morgan fingerprint density at radius 3 is 2.45 bits per heavy atom. The van der Waals surface area contributed by atoms with Crippen molar-refractivity contribution >= 4 is 5.97 Å². The smallest absolute Gasteiger partial charge is 0.335 e. The van der Waals surface area contributed by atoms with E-state index in [0.717, 1.165) is 28.3 Å². The van der Waals surface area contributed by atoms with Crippen LogP contribution in [-0.4, -0.2) is 36.9 Å². The van der Waals surface area contributed by atoms with E-state index in [2.05, 4.69) is 4.98 Å². The molecular formula is C25H29NO5. The fourth-order valence-electron chi connectivity index (χ4n) is 3.21. The number of nitrogens with zero attached hydrogens (tertiary/aromatic N) is 1. The lowest BCUT2D eigenvalue weighted by atomic mass is 10.1. The van der Waals surface area contributed by atoms with Crippen LogP contribution in [0.25, 0.3) is 11.5 Å². The van der Waals surface area contributed by atoms with Gasteiger partial charge in [-0.05, 0) is 50.6 Å². The summed E-state index contributed by atoms with van der Waals surface area (Å²) in [7, 11) is 0. The van der Waals surface area contributed by atoms with Crippen LogP contribution in [0.4, 0.5) is 0 Å². The molecule has 0 spiro atoms. The van der Waals surface area contributed by atoms with E-state index in [9.17, 15) is 4.79 Å². The zero-order valence-corrected chi connectivity index (χ0v) is 18.3. The molecule has 3 aromatic rings. The monoisotopic (exact) mass is 423 g/mol. The first kappa shape index (κ1) is 22.6. The summed E-state index contributed by atoms with van der Waals surface area (Å²) in [6.45, 7) is 6.86. The second-order valence-electron chi connectivity index (χ2n) is 7.03. The van der Waals surface area contributed by atoms with Crippen LogP contribution in [0.15, 0.2) is 59.0 Å². The highest BCUT2D eigenvalue weighted by atomic mass is 16.6. The van der Waals surface area contributed by atoms with Crippen molar-refractivity contribution in [2.75, 3.05) is 19.8 Å². The molecule has 0 radical (unpaired) electrons. The Labute approximate surface area is 183 Å². The molecule has 0 bridgehead atoms. The molecule has 6 heteroatoms. The average Bonchev–Trinajstić information content (AvgIpc) is 3.16. The van der Waals surface area contributed by atoms with Gasteiger partial charge in [0.25, 0.3) is 0 Å². The van der Waals surface area contributed by atoms with Crippen molar-refractivity contribution in [2.24, 2.45) is 0 Å². The second-order valence-corrected chi connectivity index (χ2v) is 7.03. The van der Waals surface area contributed by atoms with Gasteiger partial charge in [0.1, 0.15) is 11.5 Å². The molecule has 2 aromatic carbocycles. The molecule has 1 heterocycles. The van der Waals surface area contributed by atoms with E-state index in [0.29, 0.717) is 38.6 Å². The zero-order valence-electron chi connectivity index (χ0n) is 18.3. The van der Waals surface area contributed by atoms with Gasteiger partial charge in [0.2, 0.25) is 5.89 Å². The highest BCUT2D eigenvalue weighted by Gasteiger charge is 2.20. The van der Waals surface area contributed by atoms with E-state index in [4.69, 9.17) is 18.6 Å². The van der Waals surface area contributed by atoms with Gasteiger partial charge in [-0.3, -0.25) is 0 Å². The van der Waals surface area contributed by atoms with Crippen molar-refractivity contribution in [2.45, 2.75) is 39.7 Å². The number of carbonyl (C=O) groups excluding carboxylic acids is 1. The molecule has 0 amide bonds. The number of esters is 1. The van der Waals surface area contributed by atoms with Crippen LogP contribution in [0, 0.1) is 6.92 Å². The fraction of sp³-hybridized carbons (Fsp3) is 0.360. The molecule has 1 atom stereocenters. The summed E-state index contributed by atoms with van der Waals surface area (Å²) in [5.41, 5.74) is 2.84. The van der Waals surface area contributed by atoms with Gasteiger partial charge in [-0.15, -0.1) is 0 Å². The lowest BCUT2D eigenvalue weighted by Gasteiger charge is -2.15. The zero-order chi connectivity index (χ0) is 22.1. The van der Waals surface area contributed by atoms with Gasteiger partial charge in [0, 0.05) is 25.0 Å². The molecule has 6 nitrogen and oxygen atoms in total. The molecule has 0 saturated heterocycles. The maximum absolute atomic E-state index is 12.0. The molecule has 31 heavy (non-hydrogen) atoms. The number of oxazole rings is 1. The Balaban J connectivity index is 1.53. The van der Waals surface area contributed by atoms with Crippen LogP contribution in [-0.2, 0) is 27.1 Å². The van der Waals surface area contributed by atoms with E-state index in [1.54, 1.807) is 6.92 Å². The Hall–Kier alpha value is -3.12. The van der Waals surface area contributed by atoms with Gasteiger partial charge >= 0.3 is 5.97 Å². The normalized spacial score (nSPS) is 11.8. The van der Waals surface area contributed by atoms with Crippen LogP contribution in [0.1, 0.15) is 30.9 Å². The van der Waals surface area contributed by atoms with Gasteiger partial charge in [-0.25, -0.2) is 9.78 Å². The topological polar surface area (TPSA) is 70.8 Å². The highest BCUT2D eigenvalue weighted by Crippen LogP contribution is 2.22. The number of hydrogen-bond donors (Lipinski definition) is 0. The van der Waals surface area contributed by atoms with Crippen molar-refractivity contribution in [1.82, 2.24) is 4.98 Å². The summed E-state index contributed by atoms with van der Waals surface area (Å²) in [5, 5.41) is 0. The fourth-order valence-corrected chi connectivity index (χ4v) is 3.21. The molecular weight excluding hydrogens is 394 g/mol. The summed E-state index contributed by atoms with van der Waals surface area (Å²) in [6.07, 6.45) is 0.526. The van der Waals surface area contributed by atoms with E-state index < -0.39 is 6.10 Å². The molecule has 1 aromatic heterocycles. The van der Waals surface area contributed by atoms with Gasteiger partial charge in [-0.1, -0.05) is 30.3 Å². The number of carbonyl (C=O) groups is 1. The number of hydrogen-bond acceptors (Lipinski definition) is 6. The molecule has 0 aliphatic carbocycles. The van der Waals surface area contributed by atoms with Crippen molar-refractivity contribution < 1.29 is 23.4 Å². The predicted octanol–water partition coefficient (Wildman–Crippen LogP) is 4.78. The number of aryl methyl sites for hydroxylation is 1. The third-order valence-electron chi connectivity index (χ3n) is 4.78. The minimum atomic E-state index is -0.592. The summed E-state index contributed by atoms with van der Waals surface area (Å²) in [5.74, 6) is 1.86. The maximum Gasteiger partial charge on any atom is 0.335 e. The van der Waals surface area contributed by atoms with Crippen molar-refractivity contribution in [3.05, 3.63) is 71.6 Å². The van der Waals surface area contributed by atoms with Crippen LogP contribution in [0.3, 0.4) is 0 Å². The summed E-state index contributed by atoms with van der Waals surface area (Å²) >= 11 is 0. The molecule has 164 valence electrons. The van der Waals surface area contributed by atoms with E-state index in [1.165, 1.54) is 0 Å². The Kier molecular flexibility index (Phi) is 8.24. The largest absolute Gasteiger partial charge is 0.493 e. The number of benzene rings is 2. The summed E-state index contributed by atoms with van der Waals surface area (Å²) in [6, 6.07) is 17.5. The van der Waals surface area contributed by atoms with Crippen molar-refractivity contribution in [3.8, 4) is 17.2 Å². The first-order valence-electron chi connectivity index (χ1n) is 10.6. The molecule has 0 unspecified atom stereocenters. The van der Waals surface area contributed by atoms with Crippen LogP contribution in [0.5, 0.6) is 5.75 Å². The highest BCUT2D eigenvalue weighted by molar-refractivity contribution is 5.75. The summed E-state index contributed by atoms with van der Waals surface area (Å²) < 4.78 is 22.3. The molecule has 0 N–H and O–H groups in total. The quantitative estimate of drug-likeness (QED) is 0.413. The third kappa shape index (κ3) is 6.43. The minimum absolute atomic E-state index is 0.331. The van der Waals surface area contributed by atoms with Crippen molar-refractivity contribution in [3.63, 3.8) is 0 Å². The molecule has 0 fully saturated rings. The van der Waals surface area contributed by atoms with Gasteiger partial charge in [-0.2, -0.15) is 0 Å². The predicted molar refractivity (Wildman–Crippen MR) is 118 cm³/mol. The number of rotatable bonds is 11. The molecule has 0 saturated carbocycles. The minimum Gasteiger partial charge on any atom is -0.493 e. The first-order valence-corrected chi connectivity index (χ1v) is 10.6. The number of ether oxygens (including phenoxy) is 3. The van der Waals surface area contributed by atoms with E-state index in [1.807, 2.05) is 68.4 Å². The SMILES string of the molecule is CCOC(=O)[C@H](Cc1ccc(OCCc2nc(-c3ccccc3)oc2C)cc1)OCC. The maximum atomic E-state index is 12.0. The molecule has 3 rings (SSSR count). The van der Waals surface area contributed by atoms with Gasteiger partial charge in [0.05, 0.1) is 18.9 Å². The standard InChI is InChI=1S/C25H29NO5/c1-4-28-23(25(27)29-5-2)17-19-11-13-21(14-12-19)30-16-15-22-18(3)31-24(26-22)20-9-7-6-8-10-20/h6-14,23H,4-5,15-17H2,1-3H3/t23-/m0/s1. The first-order chi connectivity index (χ1) is 15.1. The van der Waals surface area contributed by atoms with Crippen molar-refractivity contribution in [1.29, 1.82) is 0 Å². The number of aromatic nitrogens is 1. The Morgan fingerprint density at radius 2 is 1.77 bits per heavy atom. The van der Waals surface area contributed by atoms with Gasteiger partial charge < -0.3 is 18.6 Å². The molecule has 0 aliphatic heterocycles. The van der Waals surface area contributed by atoms with Crippen LogP contribution in [0.2, 0.25) is 0 Å². The van der Waals surface area contributed by atoms with E-state index in [-0.39, 0.29) is 5.97 Å². The Morgan fingerprint density at radius 1 is 1.03 bits per heavy atom. The Bertz CT molecular complexity index is 950. The van der Waals surface area contributed by atoms with E-state index >= 15 is 0 Å². The third-order valence-corrected chi connectivity index (χ3v) is 4.78. The lowest BCUT2D eigenvalue weighted by molar-refractivity contribution is -0.156. The summed E-state index contributed by atoms with van der Waals surface area (Å²) in [4.78, 5) is 16.6. The second kappa shape index (κ2) is 11.3. The van der Waals surface area contributed by atoms with Gasteiger partial charge in [0.15, 0.2) is 6.10 Å². The average molecular weight is 424 g/mol.